The monoisotopic (exact) mass is 234 g/mol. The summed E-state index contributed by atoms with van der Waals surface area (Å²) in [5.41, 5.74) is 3.86. The molecule has 0 fully saturated rings. The van der Waals surface area contributed by atoms with Crippen LogP contribution < -0.4 is 5.32 Å². The first-order valence-corrected chi connectivity index (χ1v) is 6.43. The summed E-state index contributed by atoms with van der Waals surface area (Å²) >= 11 is 0. The highest BCUT2D eigenvalue weighted by molar-refractivity contribution is 5.28. The first-order valence-electron chi connectivity index (χ1n) is 6.43. The third-order valence-corrected chi connectivity index (χ3v) is 3.19. The van der Waals surface area contributed by atoms with Crippen molar-refractivity contribution in [2.75, 3.05) is 27.2 Å². The lowest BCUT2D eigenvalue weighted by atomic mass is 10.0. The van der Waals surface area contributed by atoms with E-state index in [-0.39, 0.29) is 0 Å². The third-order valence-electron chi connectivity index (χ3n) is 3.19. The van der Waals surface area contributed by atoms with E-state index < -0.39 is 0 Å². The molecule has 1 aliphatic heterocycles. The fourth-order valence-electron chi connectivity index (χ4n) is 2.22. The summed E-state index contributed by atoms with van der Waals surface area (Å²) in [6.07, 6.45) is 3.03. The summed E-state index contributed by atoms with van der Waals surface area (Å²) < 4.78 is 0. The fourth-order valence-corrected chi connectivity index (χ4v) is 2.22. The van der Waals surface area contributed by atoms with Crippen molar-refractivity contribution in [2.45, 2.75) is 32.7 Å². The molecule has 1 aromatic heterocycles. The molecule has 0 bridgehead atoms. The number of likely N-dealkylation sites (N-methyl/N-ethyl adjacent to an activating group) is 1. The van der Waals surface area contributed by atoms with Gasteiger partial charge < -0.3 is 10.2 Å². The van der Waals surface area contributed by atoms with Gasteiger partial charge in [-0.05, 0) is 39.0 Å². The zero-order chi connectivity index (χ0) is 12.3. The van der Waals surface area contributed by atoms with Crippen molar-refractivity contribution in [3.8, 4) is 0 Å². The lowest BCUT2D eigenvalue weighted by Crippen LogP contribution is -2.27. The van der Waals surface area contributed by atoms with Gasteiger partial charge in [0.2, 0.25) is 0 Å². The van der Waals surface area contributed by atoms with E-state index in [1.165, 1.54) is 17.0 Å². The van der Waals surface area contributed by atoms with Crippen LogP contribution in [0.25, 0.3) is 0 Å². The molecule has 0 saturated heterocycles. The molecule has 1 aromatic rings. The van der Waals surface area contributed by atoms with E-state index in [0.29, 0.717) is 0 Å². The molecule has 94 valence electrons. The van der Waals surface area contributed by atoms with Crippen LogP contribution in [0.4, 0.5) is 0 Å². The first-order chi connectivity index (χ1) is 8.20. The molecule has 4 heteroatoms. The average Bonchev–Trinajstić information content (AvgIpc) is 2.35. The summed E-state index contributed by atoms with van der Waals surface area (Å²) in [4.78, 5) is 11.6. The van der Waals surface area contributed by atoms with Crippen molar-refractivity contribution in [3.63, 3.8) is 0 Å². The minimum Gasteiger partial charge on any atom is -0.311 e. The molecule has 0 aromatic carbocycles. The molecule has 1 N–H and O–H groups in total. The van der Waals surface area contributed by atoms with E-state index in [4.69, 9.17) is 9.97 Å². The molecule has 2 heterocycles. The van der Waals surface area contributed by atoms with Crippen molar-refractivity contribution < 1.29 is 0 Å². The van der Waals surface area contributed by atoms with Gasteiger partial charge in [-0.2, -0.15) is 0 Å². The predicted molar refractivity (Wildman–Crippen MR) is 69.1 cm³/mol. The molecule has 0 unspecified atom stereocenters. The largest absolute Gasteiger partial charge is 0.311 e. The van der Waals surface area contributed by atoms with E-state index in [1.807, 2.05) is 0 Å². The maximum atomic E-state index is 4.71. The Kier molecular flexibility index (Phi) is 4.07. The second-order valence-electron chi connectivity index (χ2n) is 4.85. The number of fused-ring (bicyclic) bond motifs is 1. The summed E-state index contributed by atoms with van der Waals surface area (Å²) in [7, 11) is 4.17. The van der Waals surface area contributed by atoms with Gasteiger partial charge in [-0.15, -0.1) is 0 Å². The quantitative estimate of drug-likeness (QED) is 0.836. The van der Waals surface area contributed by atoms with E-state index in [9.17, 15) is 0 Å². The minimum absolute atomic E-state index is 0.903. The summed E-state index contributed by atoms with van der Waals surface area (Å²) in [6.45, 7) is 5.15. The predicted octanol–water partition coefficient (Wildman–Crippen LogP) is 0.789. The summed E-state index contributed by atoms with van der Waals surface area (Å²) in [5.74, 6) is 0.998. The van der Waals surface area contributed by atoms with Gasteiger partial charge >= 0.3 is 0 Å². The normalized spacial score (nSPS) is 15.1. The molecular weight excluding hydrogens is 212 g/mol. The van der Waals surface area contributed by atoms with Crippen LogP contribution in [0.5, 0.6) is 0 Å². The molecule has 0 radical (unpaired) electrons. The molecule has 1 aliphatic rings. The van der Waals surface area contributed by atoms with Gasteiger partial charge in [0, 0.05) is 25.2 Å². The number of rotatable bonds is 4. The van der Waals surface area contributed by atoms with Crippen LogP contribution in [0.15, 0.2) is 0 Å². The zero-order valence-corrected chi connectivity index (χ0v) is 11.1. The van der Waals surface area contributed by atoms with Crippen LogP contribution in [0.3, 0.4) is 0 Å². The topological polar surface area (TPSA) is 41.1 Å². The first kappa shape index (κ1) is 12.5. The van der Waals surface area contributed by atoms with Crippen molar-refractivity contribution in [1.29, 1.82) is 0 Å². The maximum Gasteiger partial charge on any atom is 0.130 e. The summed E-state index contributed by atoms with van der Waals surface area (Å²) in [5, 5.41) is 3.38. The maximum absolute atomic E-state index is 4.71. The van der Waals surface area contributed by atoms with Gasteiger partial charge in [-0.1, -0.05) is 6.92 Å². The van der Waals surface area contributed by atoms with Gasteiger partial charge in [0.15, 0.2) is 0 Å². The lowest BCUT2D eigenvalue weighted by molar-refractivity contribution is 0.408. The highest BCUT2D eigenvalue weighted by Crippen LogP contribution is 2.16. The van der Waals surface area contributed by atoms with E-state index in [1.54, 1.807) is 0 Å². The van der Waals surface area contributed by atoms with Crippen LogP contribution in [0.2, 0.25) is 0 Å². The number of nitrogens with zero attached hydrogens (tertiary/aromatic N) is 3. The molecule has 4 nitrogen and oxygen atoms in total. The Labute approximate surface area is 103 Å². The van der Waals surface area contributed by atoms with Crippen molar-refractivity contribution in [3.05, 3.63) is 22.8 Å². The summed E-state index contributed by atoms with van der Waals surface area (Å²) in [6, 6.07) is 0. The Morgan fingerprint density at radius 2 is 2.12 bits per heavy atom. The fraction of sp³-hybridized carbons (Fsp3) is 0.692. The zero-order valence-electron chi connectivity index (χ0n) is 11.1. The van der Waals surface area contributed by atoms with Crippen LogP contribution in [-0.2, 0) is 25.8 Å². The van der Waals surface area contributed by atoms with Gasteiger partial charge in [-0.25, -0.2) is 9.97 Å². The standard InChI is InChI=1S/C13H22N4/c1-4-11-10-5-7-14-9-12(10)16-13(15-11)6-8-17(2)3/h14H,4-9H2,1-3H3. The van der Waals surface area contributed by atoms with Crippen LogP contribution >= 0.6 is 0 Å². The number of aromatic nitrogens is 2. The lowest BCUT2D eigenvalue weighted by Gasteiger charge is -2.20. The SMILES string of the molecule is CCc1nc(CCN(C)C)nc2c1CCNC2. The Morgan fingerprint density at radius 1 is 1.29 bits per heavy atom. The smallest absolute Gasteiger partial charge is 0.130 e. The van der Waals surface area contributed by atoms with Crippen LogP contribution in [0.1, 0.15) is 29.7 Å². The van der Waals surface area contributed by atoms with Crippen molar-refractivity contribution in [2.24, 2.45) is 0 Å². The second-order valence-corrected chi connectivity index (χ2v) is 4.85. The molecule has 0 spiro atoms. The van der Waals surface area contributed by atoms with Crippen LogP contribution in [0, 0.1) is 0 Å². The number of hydrogen-bond acceptors (Lipinski definition) is 4. The number of hydrogen-bond donors (Lipinski definition) is 1. The molecular formula is C13H22N4. The molecule has 17 heavy (non-hydrogen) atoms. The number of aryl methyl sites for hydroxylation is 1. The van der Waals surface area contributed by atoms with Gasteiger partial charge in [-0.3, -0.25) is 0 Å². The van der Waals surface area contributed by atoms with E-state index in [2.05, 4.69) is 31.2 Å². The Balaban J connectivity index is 2.23. The molecule has 2 rings (SSSR count). The van der Waals surface area contributed by atoms with Gasteiger partial charge in [0.25, 0.3) is 0 Å². The Morgan fingerprint density at radius 3 is 2.82 bits per heavy atom. The third kappa shape index (κ3) is 3.01. The highest BCUT2D eigenvalue weighted by Gasteiger charge is 2.16. The van der Waals surface area contributed by atoms with Crippen molar-refractivity contribution in [1.82, 2.24) is 20.2 Å². The van der Waals surface area contributed by atoms with E-state index >= 15 is 0 Å². The van der Waals surface area contributed by atoms with Gasteiger partial charge in [0.05, 0.1) is 5.69 Å². The Hall–Kier alpha value is -1.00. The minimum atomic E-state index is 0.903. The van der Waals surface area contributed by atoms with E-state index in [0.717, 1.165) is 44.7 Å². The van der Waals surface area contributed by atoms with Crippen molar-refractivity contribution >= 4 is 0 Å². The van der Waals surface area contributed by atoms with Gasteiger partial charge in [0.1, 0.15) is 5.82 Å². The molecule has 0 atom stereocenters. The van der Waals surface area contributed by atoms with Crippen LogP contribution in [-0.4, -0.2) is 42.1 Å². The Bertz CT molecular complexity index is 370. The number of nitrogens with one attached hydrogen (secondary N) is 1. The second kappa shape index (κ2) is 5.56. The molecule has 0 aliphatic carbocycles. The molecule has 0 amide bonds. The average molecular weight is 234 g/mol. The molecule has 0 saturated carbocycles. The highest BCUT2D eigenvalue weighted by atomic mass is 15.1.